The van der Waals surface area contributed by atoms with Crippen LogP contribution in [0.25, 0.3) is 0 Å². The van der Waals surface area contributed by atoms with Crippen molar-refractivity contribution in [1.82, 2.24) is 14.9 Å². The third kappa shape index (κ3) is 5.07. The van der Waals surface area contributed by atoms with Gasteiger partial charge in [-0.1, -0.05) is 20.3 Å². The molecule has 0 radical (unpaired) electrons. The smallest absolute Gasteiger partial charge is 0.330 e. The number of ether oxygens (including phenoxy) is 1. The van der Waals surface area contributed by atoms with Gasteiger partial charge in [-0.05, 0) is 25.1 Å². The summed E-state index contributed by atoms with van der Waals surface area (Å²) in [6, 6.07) is 0. The SMILES string of the molecule is CCCCn1c(N)c(N(CCC)C(=S)NCCOC)c(=O)[nH]c1=O. The van der Waals surface area contributed by atoms with Gasteiger partial charge in [-0.25, -0.2) is 4.79 Å². The van der Waals surface area contributed by atoms with E-state index < -0.39 is 11.2 Å². The zero-order valence-electron chi connectivity index (χ0n) is 14.6. The summed E-state index contributed by atoms with van der Waals surface area (Å²) in [5.41, 5.74) is 5.32. The summed E-state index contributed by atoms with van der Waals surface area (Å²) in [5, 5.41) is 3.42. The Morgan fingerprint density at radius 3 is 2.67 bits per heavy atom. The fraction of sp³-hybridized carbons (Fsp3) is 0.667. The first-order valence-corrected chi connectivity index (χ1v) is 8.55. The average molecular weight is 357 g/mol. The van der Waals surface area contributed by atoms with Crippen LogP contribution in [-0.4, -0.2) is 41.5 Å². The van der Waals surface area contributed by atoms with E-state index in [1.54, 1.807) is 12.0 Å². The average Bonchev–Trinajstić information content (AvgIpc) is 2.53. The third-order valence-electron chi connectivity index (χ3n) is 3.49. The van der Waals surface area contributed by atoms with Crippen molar-refractivity contribution >= 4 is 28.8 Å². The third-order valence-corrected chi connectivity index (χ3v) is 3.86. The number of anilines is 2. The van der Waals surface area contributed by atoms with Gasteiger partial charge in [0.1, 0.15) is 5.82 Å². The largest absolute Gasteiger partial charge is 0.383 e. The van der Waals surface area contributed by atoms with Gasteiger partial charge < -0.3 is 20.7 Å². The molecule has 0 spiro atoms. The number of hydrogen-bond donors (Lipinski definition) is 3. The standard InChI is InChI=1S/C15H27N5O3S/c1-4-6-9-20-12(16)11(13(21)18-14(20)22)19(8-5-2)15(24)17-7-10-23-3/h4-10,16H2,1-3H3,(H,17,24)(H,18,21,22). The second-order valence-corrected chi connectivity index (χ2v) is 5.76. The number of nitrogens with zero attached hydrogens (tertiary/aromatic N) is 2. The zero-order valence-corrected chi connectivity index (χ0v) is 15.4. The number of rotatable bonds is 9. The first-order chi connectivity index (χ1) is 11.5. The van der Waals surface area contributed by atoms with Crippen LogP contribution in [0, 0.1) is 0 Å². The molecule has 1 aromatic rings. The maximum atomic E-state index is 12.3. The molecule has 0 fully saturated rings. The minimum atomic E-state index is -0.533. The molecule has 24 heavy (non-hydrogen) atoms. The van der Waals surface area contributed by atoms with Crippen molar-refractivity contribution in [3.05, 3.63) is 20.8 Å². The van der Waals surface area contributed by atoms with E-state index in [0.717, 1.165) is 19.3 Å². The Morgan fingerprint density at radius 1 is 1.38 bits per heavy atom. The molecule has 8 nitrogen and oxygen atoms in total. The highest BCUT2D eigenvalue weighted by Crippen LogP contribution is 2.17. The lowest BCUT2D eigenvalue weighted by molar-refractivity contribution is 0.204. The number of unbranched alkanes of at least 4 members (excludes halogenated alkanes) is 1. The molecule has 0 aliphatic carbocycles. The quantitative estimate of drug-likeness (QED) is 0.440. The van der Waals surface area contributed by atoms with Gasteiger partial charge in [-0.2, -0.15) is 0 Å². The summed E-state index contributed by atoms with van der Waals surface area (Å²) in [4.78, 5) is 28.3. The number of hydrogen-bond acceptors (Lipinski definition) is 5. The molecule has 0 bridgehead atoms. The molecule has 0 amide bonds. The number of aromatic amines is 1. The molecule has 9 heteroatoms. The van der Waals surface area contributed by atoms with Crippen molar-refractivity contribution in [1.29, 1.82) is 0 Å². The maximum absolute atomic E-state index is 12.3. The van der Waals surface area contributed by atoms with Gasteiger partial charge in [0.15, 0.2) is 10.8 Å². The normalized spacial score (nSPS) is 10.6. The second kappa shape index (κ2) is 10.1. The predicted molar refractivity (Wildman–Crippen MR) is 101 cm³/mol. The van der Waals surface area contributed by atoms with E-state index in [9.17, 15) is 9.59 Å². The lowest BCUT2D eigenvalue weighted by Crippen LogP contribution is -2.46. The van der Waals surface area contributed by atoms with Gasteiger partial charge >= 0.3 is 5.69 Å². The Hall–Kier alpha value is -1.87. The second-order valence-electron chi connectivity index (χ2n) is 5.37. The molecule has 0 saturated carbocycles. The van der Waals surface area contributed by atoms with Crippen LogP contribution in [0.5, 0.6) is 0 Å². The Balaban J connectivity index is 3.24. The van der Waals surface area contributed by atoms with E-state index in [2.05, 4.69) is 10.3 Å². The van der Waals surface area contributed by atoms with E-state index in [1.807, 2.05) is 13.8 Å². The number of methoxy groups -OCH3 is 1. The van der Waals surface area contributed by atoms with Crippen molar-refractivity contribution in [2.24, 2.45) is 0 Å². The molecule has 1 heterocycles. The highest BCUT2D eigenvalue weighted by Gasteiger charge is 2.21. The molecule has 136 valence electrons. The van der Waals surface area contributed by atoms with Crippen LogP contribution in [0.2, 0.25) is 0 Å². The summed E-state index contributed by atoms with van der Waals surface area (Å²) >= 11 is 5.38. The molecular formula is C15H27N5O3S. The number of aromatic nitrogens is 2. The van der Waals surface area contributed by atoms with Crippen LogP contribution >= 0.6 is 12.2 Å². The fourth-order valence-corrected chi connectivity index (χ4v) is 2.56. The summed E-state index contributed by atoms with van der Waals surface area (Å²) in [7, 11) is 1.60. The molecular weight excluding hydrogens is 330 g/mol. The molecule has 0 unspecified atom stereocenters. The molecule has 0 aliphatic rings. The minimum absolute atomic E-state index is 0.140. The van der Waals surface area contributed by atoms with E-state index in [1.165, 1.54) is 4.57 Å². The van der Waals surface area contributed by atoms with Crippen molar-refractivity contribution in [2.45, 2.75) is 39.7 Å². The molecule has 0 aliphatic heterocycles. The van der Waals surface area contributed by atoms with Gasteiger partial charge in [0.05, 0.1) is 6.61 Å². The predicted octanol–water partition coefficient (Wildman–Crippen LogP) is 0.656. The van der Waals surface area contributed by atoms with E-state index in [4.69, 9.17) is 22.7 Å². The van der Waals surface area contributed by atoms with Crippen LogP contribution in [0.3, 0.4) is 0 Å². The van der Waals surface area contributed by atoms with Crippen LogP contribution in [0.4, 0.5) is 11.5 Å². The van der Waals surface area contributed by atoms with Gasteiger partial charge in [0.2, 0.25) is 0 Å². The molecule has 0 aromatic carbocycles. The van der Waals surface area contributed by atoms with E-state index in [0.29, 0.717) is 31.4 Å². The number of thiocarbonyl (C=S) groups is 1. The highest BCUT2D eigenvalue weighted by atomic mass is 32.1. The van der Waals surface area contributed by atoms with Gasteiger partial charge in [0, 0.05) is 26.7 Å². The zero-order chi connectivity index (χ0) is 18.1. The highest BCUT2D eigenvalue weighted by molar-refractivity contribution is 7.80. The van der Waals surface area contributed by atoms with Crippen LogP contribution in [0.15, 0.2) is 9.59 Å². The van der Waals surface area contributed by atoms with E-state index in [-0.39, 0.29) is 11.5 Å². The van der Waals surface area contributed by atoms with Gasteiger partial charge in [-0.3, -0.25) is 14.3 Å². The maximum Gasteiger partial charge on any atom is 0.330 e. The summed E-state index contributed by atoms with van der Waals surface area (Å²) in [5.74, 6) is 0.140. The minimum Gasteiger partial charge on any atom is -0.383 e. The first kappa shape index (κ1) is 20.2. The van der Waals surface area contributed by atoms with Gasteiger partial charge in [-0.15, -0.1) is 0 Å². The van der Waals surface area contributed by atoms with Crippen LogP contribution in [0.1, 0.15) is 33.1 Å². The Morgan fingerprint density at radius 2 is 2.08 bits per heavy atom. The van der Waals surface area contributed by atoms with Crippen LogP contribution < -0.4 is 27.2 Å². The Labute approximate surface area is 147 Å². The van der Waals surface area contributed by atoms with Crippen molar-refractivity contribution in [3.8, 4) is 0 Å². The van der Waals surface area contributed by atoms with Crippen LogP contribution in [-0.2, 0) is 11.3 Å². The number of nitrogen functional groups attached to an aromatic ring is 1. The monoisotopic (exact) mass is 357 g/mol. The summed E-state index contributed by atoms with van der Waals surface area (Å²) in [6.07, 6.45) is 2.47. The molecule has 0 atom stereocenters. The topological polar surface area (TPSA) is 105 Å². The number of nitrogens with two attached hydrogens (primary N) is 1. The number of nitrogens with one attached hydrogen (secondary N) is 2. The summed E-state index contributed by atoms with van der Waals surface area (Å²) in [6.45, 7) is 5.96. The van der Waals surface area contributed by atoms with Gasteiger partial charge in [0.25, 0.3) is 5.56 Å². The van der Waals surface area contributed by atoms with Crippen molar-refractivity contribution < 1.29 is 4.74 Å². The lowest BCUT2D eigenvalue weighted by atomic mass is 10.3. The molecule has 4 N–H and O–H groups in total. The first-order valence-electron chi connectivity index (χ1n) is 8.14. The Bertz CT molecular complexity index is 655. The summed E-state index contributed by atoms with van der Waals surface area (Å²) < 4.78 is 6.38. The van der Waals surface area contributed by atoms with Crippen molar-refractivity contribution in [2.75, 3.05) is 37.4 Å². The van der Waals surface area contributed by atoms with Crippen molar-refractivity contribution in [3.63, 3.8) is 0 Å². The molecule has 0 saturated heterocycles. The Kier molecular flexibility index (Phi) is 8.48. The fourth-order valence-electron chi connectivity index (χ4n) is 2.27. The molecule has 1 rings (SSSR count). The number of H-pyrrole nitrogens is 1. The molecule has 1 aromatic heterocycles. The van der Waals surface area contributed by atoms with E-state index >= 15 is 0 Å². The lowest BCUT2D eigenvalue weighted by Gasteiger charge is -2.26.